The van der Waals surface area contributed by atoms with Crippen LogP contribution in [0.15, 0.2) is 55.1 Å². The van der Waals surface area contributed by atoms with E-state index in [9.17, 15) is 0 Å². The van der Waals surface area contributed by atoms with Crippen LogP contribution in [0.4, 0.5) is 5.69 Å². The summed E-state index contributed by atoms with van der Waals surface area (Å²) >= 11 is 0. The largest absolute Gasteiger partial charge is 0.381 e. The van der Waals surface area contributed by atoms with E-state index in [4.69, 9.17) is 0 Å². The first-order valence-corrected chi connectivity index (χ1v) is 7.09. The summed E-state index contributed by atoms with van der Waals surface area (Å²) in [6.07, 6.45) is 7.70. The highest BCUT2D eigenvalue weighted by atomic mass is 15.3. The molecule has 0 aliphatic carbocycles. The van der Waals surface area contributed by atoms with Crippen LogP contribution in [0.3, 0.4) is 0 Å². The Labute approximate surface area is 124 Å². The number of nitrogens with zero attached hydrogens (tertiary/aromatic N) is 4. The molecule has 0 spiro atoms. The topological polar surface area (TPSA) is 47.7 Å². The number of aromatic nitrogens is 4. The second kappa shape index (κ2) is 5.83. The first-order chi connectivity index (χ1) is 10.2. The molecule has 0 aliphatic heterocycles. The second-order valence-corrected chi connectivity index (χ2v) is 5.27. The number of rotatable bonds is 5. The molecule has 0 aliphatic rings. The summed E-state index contributed by atoms with van der Waals surface area (Å²) in [5, 5.41) is 12.0. The zero-order valence-corrected chi connectivity index (χ0v) is 12.3. The Hall–Kier alpha value is -2.56. The fraction of sp³-hybridized carbons (Fsp3) is 0.250. The number of benzene rings is 1. The Morgan fingerprint density at radius 3 is 2.57 bits per heavy atom. The predicted molar refractivity (Wildman–Crippen MR) is 83.5 cm³/mol. The average molecular weight is 281 g/mol. The maximum Gasteiger partial charge on any atom is 0.0647 e. The number of hydrogen-bond donors (Lipinski definition) is 1. The zero-order valence-electron chi connectivity index (χ0n) is 12.3. The minimum Gasteiger partial charge on any atom is -0.381 e. The molecule has 5 nitrogen and oxygen atoms in total. The van der Waals surface area contributed by atoms with Gasteiger partial charge in [-0.25, -0.2) is 4.68 Å². The van der Waals surface area contributed by atoms with Crippen LogP contribution in [-0.2, 0) is 6.54 Å². The molecule has 2 aromatic heterocycles. The summed E-state index contributed by atoms with van der Waals surface area (Å²) in [7, 11) is 0. The molecule has 108 valence electrons. The van der Waals surface area contributed by atoms with Gasteiger partial charge in [0.25, 0.3) is 0 Å². The Morgan fingerprint density at radius 1 is 1.14 bits per heavy atom. The highest BCUT2D eigenvalue weighted by molar-refractivity contribution is 5.48. The third-order valence-corrected chi connectivity index (χ3v) is 3.32. The van der Waals surface area contributed by atoms with E-state index in [0.29, 0.717) is 6.04 Å². The van der Waals surface area contributed by atoms with Crippen LogP contribution in [0.1, 0.15) is 25.5 Å². The van der Waals surface area contributed by atoms with Crippen molar-refractivity contribution < 1.29 is 0 Å². The lowest BCUT2D eigenvalue weighted by Gasteiger charge is -2.07. The Morgan fingerprint density at radius 2 is 1.95 bits per heavy atom. The first kappa shape index (κ1) is 13.4. The molecule has 0 saturated heterocycles. The van der Waals surface area contributed by atoms with Gasteiger partial charge in [0.05, 0.1) is 11.9 Å². The minimum absolute atomic E-state index is 0.395. The molecule has 1 N–H and O–H groups in total. The molecular formula is C16H19N5. The maximum atomic E-state index is 4.34. The molecule has 3 rings (SSSR count). The van der Waals surface area contributed by atoms with Crippen molar-refractivity contribution in [1.29, 1.82) is 0 Å². The molecular weight excluding hydrogens is 262 g/mol. The molecule has 0 fully saturated rings. The van der Waals surface area contributed by atoms with Crippen molar-refractivity contribution in [3.8, 4) is 5.69 Å². The van der Waals surface area contributed by atoms with Crippen molar-refractivity contribution >= 4 is 5.69 Å². The number of nitrogens with one attached hydrogen (secondary N) is 1. The molecule has 0 radical (unpaired) electrons. The third-order valence-electron chi connectivity index (χ3n) is 3.32. The van der Waals surface area contributed by atoms with Crippen molar-refractivity contribution in [3.63, 3.8) is 0 Å². The fourth-order valence-electron chi connectivity index (χ4n) is 2.11. The summed E-state index contributed by atoms with van der Waals surface area (Å²) in [5.74, 6) is 0. The van der Waals surface area contributed by atoms with Gasteiger partial charge in [-0.3, -0.25) is 4.68 Å². The summed E-state index contributed by atoms with van der Waals surface area (Å²) in [6.45, 7) is 5.02. The molecule has 2 heterocycles. The quantitative estimate of drug-likeness (QED) is 0.781. The average Bonchev–Trinajstić information content (AvgIpc) is 3.17. The zero-order chi connectivity index (χ0) is 14.7. The van der Waals surface area contributed by atoms with Gasteiger partial charge < -0.3 is 5.32 Å². The van der Waals surface area contributed by atoms with Gasteiger partial charge in [0.2, 0.25) is 0 Å². The minimum atomic E-state index is 0.395. The smallest absolute Gasteiger partial charge is 0.0647 e. The summed E-state index contributed by atoms with van der Waals surface area (Å²) in [5.41, 5.74) is 3.32. The van der Waals surface area contributed by atoms with E-state index in [1.165, 1.54) is 5.56 Å². The van der Waals surface area contributed by atoms with Crippen LogP contribution in [0.25, 0.3) is 5.69 Å². The lowest BCUT2D eigenvalue weighted by atomic mass is 10.2. The first-order valence-electron chi connectivity index (χ1n) is 7.09. The van der Waals surface area contributed by atoms with E-state index in [-0.39, 0.29) is 0 Å². The summed E-state index contributed by atoms with van der Waals surface area (Å²) in [4.78, 5) is 0. The SMILES string of the molecule is CC(C)n1cc(CNc2ccc(-n3cccn3)cc2)cn1. The molecule has 0 amide bonds. The van der Waals surface area contributed by atoms with Gasteiger partial charge in [0.1, 0.15) is 0 Å². The standard InChI is InChI=1S/C16H19N5/c1-13(2)21-12-14(11-19-21)10-17-15-4-6-16(7-5-15)20-9-3-8-18-20/h3-9,11-13,17H,10H2,1-2H3. The summed E-state index contributed by atoms with van der Waals surface area (Å²) < 4.78 is 3.81. The van der Waals surface area contributed by atoms with Crippen LogP contribution in [-0.4, -0.2) is 19.6 Å². The Kier molecular flexibility index (Phi) is 3.73. The van der Waals surface area contributed by atoms with Gasteiger partial charge >= 0.3 is 0 Å². The molecule has 3 aromatic rings. The Balaban J connectivity index is 1.62. The van der Waals surface area contributed by atoms with E-state index in [1.54, 1.807) is 6.20 Å². The van der Waals surface area contributed by atoms with Crippen LogP contribution in [0.5, 0.6) is 0 Å². The summed E-state index contributed by atoms with van der Waals surface area (Å²) in [6, 6.07) is 10.5. The van der Waals surface area contributed by atoms with Gasteiger partial charge in [-0.1, -0.05) is 0 Å². The van der Waals surface area contributed by atoms with Gasteiger partial charge in [0.15, 0.2) is 0 Å². The highest BCUT2D eigenvalue weighted by Crippen LogP contribution is 2.14. The van der Waals surface area contributed by atoms with Crippen molar-refractivity contribution in [2.45, 2.75) is 26.4 Å². The van der Waals surface area contributed by atoms with Gasteiger partial charge in [-0.15, -0.1) is 0 Å². The van der Waals surface area contributed by atoms with Crippen LogP contribution >= 0.6 is 0 Å². The molecule has 0 bridgehead atoms. The molecule has 0 saturated carbocycles. The maximum absolute atomic E-state index is 4.34. The molecule has 21 heavy (non-hydrogen) atoms. The third kappa shape index (κ3) is 3.13. The van der Waals surface area contributed by atoms with E-state index in [0.717, 1.165) is 17.9 Å². The van der Waals surface area contributed by atoms with Crippen molar-refractivity contribution in [1.82, 2.24) is 19.6 Å². The lowest BCUT2D eigenvalue weighted by molar-refractivity contribution is 0.532. The van der Waals surface area contributed by atoms with Crippen molar-refractivity contribution in [2.24, 2.45) is 0 Å². The normalized spacial score (nSPS) is 11.0. The van der Waals surface area contributed by atoms with E-state index < -0.39 is 0 Å². The lowest BCUT2D eigenvalue weighted by Crippen LogP contribution is -2.01. The van der Waals surface area contributed by atoms with Gasteiger partial charge in [0, 0.05) is 42.4 Å². The van der Waals surface area contributed by atoms with Crippen LogP contribution in [0.2, 0.25) is 0 Å². The Bertz CT molecular complexity index is 680. The van der Waals surface area contributed by atoms with Gasteiger partial charge in [-0.2, -0.15) is 10.2 Å². The van der Waals surface area contributed by atoms with Crippen molar-refractivity contribution in [3.05, 3.63) is 60.7 Å². The molecule has 0 unspecified atom stereocenters. The number of anilines is 1. The number of hydrogen-bond acceptors (Lipinski definition) is 3. The highest BCUT2D eigenvalue weighted by Gasteiger charge is 2.02. The van der Waals surface area contributed by atoms with E-state index >= 15 is 0 Å². The molecule has 1 aromatic carbocycles. The van der Waals surface area contributed by atoms with Crippen molar-refractivity contribution in [2.75, 3.05) is 5.32 Å². The second-order valence-electron chi connectivity index (χ2n) is 5.27. The fourth-order valence-corrected chi connectivity index (χ4v) is 2.11. The van der Waals surface area contributed by atoms with Crippen LogP contribution < -0.4 is 5.32 Å². The van der Waals surface area contributed by atoms with Crippen LogP contribution in [0, 0.1) is 0 Å². The monoisotopic (exact) mass is 281 g/mol. The predicted octanol–water partition coefficient (Wildman–Crippen LogP) is 3.26. The molecule has 5 heteroatoms. The van der Waals surface area contributed by atoms with E-state index in [1.807, 2.05) is 40.0 Å². The molecule has 0 atom stereocenters. The van der Waals surface area contributed by atoms with Gasteiger partial charge in [-0.05, 0) is 44.2 Å². The van der Waals surface area contributed by atoms with E-state index in [2.05, 4.69) is 47.7 Å².